The third-order valence-electron chi connectivity index (χ3n) is 2.12. The lowest BCUT2D eigenvalue weighted by Crippen LogP contribution is -2.26. The third-order valence-corrected chi connectivity index (χ3v) is 4.28. The van der Waals surface area contributed by atoms with Gasteiger partial charge in [-0.2, -0.15) is 4.40 Å². The van der Waals surface area contributed by atoms with Gasteiger partial charge in [-0.25, -0.2) is 8.73 Å². The molecule has 0 aliphatic rings. The van der Waals surface area contributed by atoms with Gasteiger partial charge >= 0.3 is 0 Å². The molecule has 1 rings (SSSR count). The fourth-order valence-corrected chi connectivity index (χ4v) is 2.05. The second-order valence-electron chi connectivity index (χ2n) is 4.67. The van der Waals surface area contributed by atoms with Gasteiger partial charge in [-0.1, -0.05) is 6.92 Å². The first-order chi connectivity index (χ1) is 7.75. The van der Waals surface area contributed by atoms with E-state index >= 15 is 0 Å². The fourth-order valence-electron chi connectivity index (χ4n) is 1.07. The van der Waals surface area contributed by atoms with Gasteiger partial charge in [0, 0.05) is 15.9 Å². The summed E-state index contributed by atoms with van der Waals surface area (Å²) in [6.45, 7) is 7.67. The van der Waals surface area contributed by atoms with Crippen molar-refractivity contribution in [2.45, 2.75) is 38.9 Å². The number of nitrogens with zero attached hydrogens (tertiary/aromatic N) is 2. The molecule has 17 heavy (non-hydrogen) atoms. The first-order valence-electron chi connectivity index (χ1n) is 5.41. The van der Waals surface area contributed by atoms with Gasteiger partial charge in [-0.3, -0.25) is 0 Å². The standard InChI is InChI=1S/C11H18BrN2O2S/c1-6-8(13-17(15)11(2,3)4)9-7-10(12)14(5)16-9/h7H,6H2,1-5H3/q+1. The van der Waals surface area contributed by atoms with Crippen molar-refractivity contribution < 1.29 is 13.5 Å². The van der Waals surface area contributed by atoms with E-state index in [1.165, 1.54) is 0 Å². The van der Waals surface area contributed by atoms with Crippen LogP contribution in [0.2, 0.25) is 0 Å². The predicted octanol–water partition coefficient (Wildman–Crippen LogP) is 2.53. The lowest BCUT2D eigenvalue weighted by Gasteiger charge is -2.13. The van der Waals surface area contributed by atoms with E-state index in [1.807, 2.05) is 33.8 Å². The molecule has 1 unspecified atom stereocenters. The zero-order valence-electron chi connectivity index (χ0n) is 10.8. The van der Waals surface area contributed by atoms with Gasteiger partial charge in [0.25, 0.3) is 4.60 Å². The largest absolute Gasteiger partial charge is 0.296 e. The normalized spacial score (nSPS) is 15.1. The van der Waals surface area contributed by atoms with Crippen LogP contribution in [0.5, 0.6) is 0 Å². The van der Waals surface area contributed by atoms with E-state index in [2.05, 4.69) is 20.3 Å². The van der Waals surface area contributed by atoms with Crippen LogP contribution in [-0.4, -0.2) is 14.7 Å². The van der Waals surface area contributed by atoms with Crippen molar-refractivity contribution in [1.29, 1.82) is 0 Å². The zero-order chi connectivity index (χ0) is 13.2. The summed E-state index contributed by atoms with van der Waals surface area (Å²) in [5.41, 5.74) is 0.722. The minimum absolute atomic E-state index is 0.355. The van der Waals surface area contributed by atoms with E-state index < -0.39 is 11.0 Å². The smallest absolute Gasteiger partial charge is 0.234 e. The van der Waals surface area contributed by atoms with Crippen molar-refractivity contribution >= 4 is 32.6 Å². The lowest BCUT2D eigenvalue weighted by atomic mass is 10.2. The molecule has 1 aromatic rings. The summed E-state index contributed by atoms with van der Waals surface area (Å²) in [5, 5.41) is 0. The number of hydrogen-bond acceptors (Lipinski definition) is 2. The van der Waals surface area contributed by atoms with E-state index in [0.29, 0.717) is 12.2 Å². The number of aryl methyl sites for hydroxylation is 1. The summed E-state index contributed by atoms with van der Waals surface area (Å²) >= 11 is 3.36. The molecule has 0 saturated carbocycles. The monoisotopic (exact) mass is 321 g/mol. The van der Waals surface area contributed by atoms with Crippen molar-refractivity contribution in [2.24, 2.45) is 11.4 Å². The highest BCUT2D eigenvalue weighted by Crippen LogP contribution is 2.16. The molecule has 0 fully saturated rings. The maximum atomic E-state index is 12.0. The molecule has 0 aromatic carbocycles. The topological polar surface area (TPSA) is 46.5 Å². The highest BCUT2D eigenvalue weighted by atomic mass is 79.9. The second-order valence-corrected chi connectivity index (χ2v) is 7.39. The van der Waals surface area contributed by atoms with E-state index in [1.54, 1.807) is 11.8 Å². The Morgan fingerprint density at radius 3 is 2.53 bits per heavy atom. The van der Waals surface area contributed by atoms with Gasteiger partial charge in [0.2, 0.25) is 5.76 Å². The van der Waals surface area contributed by atoms with E-state index in [9.17, 15) is 4.21 Å². The Hall–Kier alpha value is -0.490. The van der Waals surface area contributed by atoms with Gasteiger partial charge in [-0.15, -0.1) is 0 Å². The number of halogens is 1. The Morgan fingerprint density at radius 2 is 2.18 bits per heavy atom. The molecule has 0 saturated heterocycles. The Labute approximate surface area is 113 Å². The van der Waals surface area contributed by atoms with Crippen LogP contribution in [0.15, 0.2) is 19.6 Å². The van der Waals surface area contributed by atoms with Crippen LogP contribution >= 0.6 is 15.9 Å². The predicted molar refractivity (Wildman–Crippen MR) is 72.3 cm³/mol. The number of hydrogen-bond donors (Lipinski definition) is 0. The molecule has 1 heterocycles. The van der Waals surface area contributed by atoms with Crippen molar-refractivity contribution in [3.05, 3.63) is 16.4 Å². The Balaban J connectivity index is 3.08. The van der Waals surface area contributed by atoms with Crippen molar-refractivity contribution in [1.82, 2.24) is 0 Å². The van der Waals surface area contributed by atoms with Gasteiger partial charge in [0.15, 0.2) is 7.05 Å². The molecule has 0 bridgehead atoms. The number of aromatic nitrogens is 1. The maximum absolute atomic E-state index is 12.0. The average Bonchev–Trinajstić information content (AvgIpc) is 2.53. The quantitative estimate of drug-likeness (QED) is 0.634. The van der Waals surface area contributed by atoms with Gasteiger partial charge < -0.3 is 0 Å². The van der Waals surface area contributed by atoms with Gasteiger partial charge in [0.05, 0.1) is 10.8 Å². The molecule has 0 aliphatic carbocycles. The highest BCUT2D eigenvalue weighted by molar-refractivity contribution is 9.10. The van der Waals surface area contributed by atoms with E-state index in [4.69, 9.17) is 4.52 Å². The highest BCUT2D eigenvalue weighted by Gasteiger charge is 2.22. The zero-order valence-corrected chi connectivity index (χ0v) is 13.2. The van der Waals surface area contributed by atoms with E-state index in [0.717, 1.165) is 10.3 Å². The molecule has 96 valence electrons. The first kappa shape index (κ1) is 14.6. The van der Waals surface area contributed by atoms with Crippen molar-refractivity contribution in [3.8, 4) is 0 Å². The molecule has 0 amide bonds. The second kappa shape index (κ2) is 5.44. The fraction of sp³-hybridized carbons (Fsp3) is 0.636. The molecular formula is C11H18BrN2O2S+. The third kappa shape index (κ3) is 3.74. The summed E-state index contributed by atoms with van der Waals surface area (Å²) in [7, 11) is 0.532. The number of rotatable bonds is 3. The molecule has 1 aromatic heterocycles. The Kier molecular flexibility index (Phi) is 4.66. The molecule has 0 N–H and O–H groups in total. The van der Waals surface area contributed by atoms with Crippen LogP contribution in [0.25, 0.3) is 0 Å². The summed E-state index contributed by atoms with van der Waals surface area (Å²) in [5.74, 6) is 0.652. The van der Waals surface area contributed by atoms with Gasteiger partial charge in [-0.05, 0) is 31.9 Å². The molecule has 0 spiro atoms. The van der Waals surface area contributed by atoms with Crippen LogP contribution in [0.4, 0.5) is 0 Å². The Bertz CT molecular complexity index is 441. The summed E-state index contributed by atoms with van der Waals surface area (Å²) in [6.07, 6.45) is 0.682. The summed E-state index contributed by atoms with van der Waals surface area (Å²) in [4.78, 5) is 0. The van der Waals surface area contributed by atoms with Crippen LogP contribution in [0.3, 0.4) is 0 Å². The lowest BCUT2D eigenvalue weighted by molar-refractivity contribution is -0.853. The maximum Gasteiger partial charge on any atom is 0.296 e. The van der Waals surface area contributed by atoms with Crippen molar-refractivity contribution in [2.75, 3.05) is 0 Å². The molecule has 4 nitrogen and oxygen atoms in total. The van der Waals surface area contributed by atoms with Crippen LogP contribution in [-0.2, 0) is 18.0 Å². The van der Waals surface area contributed by atoms with Crippen LogP contribution in [0.1, 0.15) is 39.9 Å². The summed E-state index contributed by atoms with van der Waals surface area (Å²) in [6, 6.07) is 1.84. The molecule has 0 aliphatic heterocycles. The SMILES string of the molecule is CCC(=NS(=O)C(C)(C)C)c1cc(Br)[n+](C)o1. The minimum atomic E-state index is -1.26. The minimum Gasteiger partial charge on any atom is -0.234 e. The molecular weight excluding hydrogens is 304 g/mol. The van der Waals surface area contributed by atoms with Crippen LogP contribution in [0, 0.1) is 0 Å². The van der Waals surface area contributed by atoms with E-state index in [-0.39, 0.29) is 4.75 Å². The van der Waals surface area contributed by atoms with Crippen molar-refractivity contribution in [3.63, 3.8) is 0 Å². The van der Waals surface area contributed by atoms with Gasteiger partial charge in [0.1, 0.15) is 16.7 Å². The Morgan fingerprint density at radius 1 is 1.59 bits per heavy atom. The molecule has 6 heteroatoms. The summed E-state index contributed by atoms with van der Waals surface area (Å²) < 4.78 is 23.8. The first-order valence-corrected chi connectivity index (χ1v) is 7.31. The van der Waals surface area contributed by atoms with Crippen LogP contribution < -0.4 is 4.74 Å². The molecule has 0 radical (unpaired) electrons. The average molecular weight is 322 g/mol. The molecule has 1 atom stereocenters.